The van der Waals surface area contributed by atoms with Crippen LogP contribution in [0.15, 0.2) is 29.2 Å². The number of rotatable bonds is 5. The Labute approximate surface area is 194 Å². The highest BCUT2D eigenvalue weighted by Gasteiger charge is 2.35. The number of ether oxygens (including phenoxy) is 1. The van der Waals surface area contributed by atoms with Gasteiger partial charge in [-0.05, 0) is 37.1 Å². The van der Waals surface area contributed by atoms with Crippen molar-refractivity contribution in [1.82, 2.24) is 19.0 Å². The monoisotopic (exact) mass is 482 g/mol. The molecule has 3 fully saturated rings. The first-order valence-corrected chi connectivity index (χ1v) is 12.9. The third kappa shape index (κ3) is 5.71. The Morgan fingerprint density at radius 1 is 0.879 bits per heavy atom. The van der Waals surface area contributed by atoms with E-state index < -0.39 is 15.8 Å². The lowest BCUT2D eigenvalue weighted by molar-refractivity contribution is -0.143. The van der Waals surface area contributed by atoms with Gasteiger partial charge in [-0.25, -0.2) is 12.8 Å². The van der Waals surface area contributed by atoms with Crippen molar-refractivity contribution in [2.24, 2.45) is 5.92 Å². The molecule has 3 aliphatic rings. The molecule has 0 unspecified atom stereocenters. The number of carbonyl (C=O) groups excluding carboxylic acids is 2. The summed E-state index contributed by atoms with van der Waals surface area (Å²) in [5.74, 6) is -0.584. The van der Waals surface area contributed by atoms with Crippen molar-refractivity contribution in [2.45, 2.75) is 17.7 Å². The molecular weight excluding hydrogens is 451 g/mol. The Balaban J connectivity index is 1.24. The van der Waals surface area contributed by atoms with Crippen molar-refractivity contribution in [3.63, 3.8) is 0 Å². The smallest absolute Gasteiger partial charge is 0.243 e. The number of piperazine rings is 1. The molecule has 0 spiro atoms. The van der Waals surface area contributed by atoms with Crippen molar-refractivity contribution < 1.29 is 27.1 Å². The molecule has 3 saturated heterocycles. The van der Waals surface area contributed by atoms with Gasteiger partial charge in [0.25, 0.3) is 0 Å². The minimum Gasteiger partial charge on any atom is -0.379 e. The number of hydrogen-bond acceptors (Lipinski definition) is 6. The van der Waals surface area contributed by atoms with Crippen molar-refractivity contribution >= 4 is 21.8 Å². The molecule has 0 aromatic heterocycles. The van der Waals surface area contributed by atoms with Gasteiger partial charge in [0.1, 0.15) is 5.82 Å². The van der Waals surface area contributed by atoms with Crippen LogP contribution in [0.5, 0.6) is 0 Å². The van der Waals surface area contributed by atoms with Gasteiger partial charge in [0, 0.05) is 58.3 Å². The molecule has 0 N–H and O–H groups in total. The SMILES string of the molecule is O=C(CN1CCOCC1)N1CCN(C(=O)C2CCN(S(=O)(=O)c3ccc(F)cc3)CC2)CC1. The third-order valence-electron chi connectivity index (χ3n) is 6.66. The first-order valence-electron chi connectivity index (χ1n) is 11.5. The van der Waals surface area contributed by atoms with Crippen LogP contribution in [0.2, 0.25) is 0 Å². The van der Waals surface area contributed by atoms with Gasteiger partial charge in [0.15, 0.2) is 0 Å². The number of hydrogen-bond donors (Lipinski definition) is 0. The van der Waals surface area contributed by atoms with Crippen LogP contribution in [-0.2, 0) is 24.3 Å². The van der Waals surface area contributed by atoms with Gasteiger partial charge >= 0.3 is 0 Å². The summed E-state index contributed by atoms with van der Waals surface area (Å²) in [5, 5.41) is 0. The summed E-state index contributed by atoms with van der Waals surface area (Å²) < 4.78 is 45.4. The Morgan fingerprint density at radius 2 is 1.45 bits per heavy atom. The molecule has 0 radical (unpaired) electrons. The van der Waals surface area contributed by atoms with E-state index in [0.717, 1.165) is 25.2 Å². The summed E-state index contributed by atoms with van der Waals surface area (Å²) >= 11 is 0. The van der Waals surface area contributed by atoms with E-state index >= 15 is 0 Å². The van der Waals surface area contributed by atoms with Crippen LogP contribution in [-0.4, -0.2) is 111 Å². The summed E-state index contributed by atoms with van der Waals surface area (Å²) in [6.07, 6.45) is 0.908. The Hall–Kier alpha value is -2.08. The third-order valence-corrected chi connectivity index (χ3v) is 8.57. The van der Waals surface area contributed by atoms with Crippen molar-refractivity contribution in [1.29, 1.82) is 0 Å². The van der Waals surface area contributed by atoms with Gasteiger partial charge in [0.2, 0.25) is 21.8 Å². The lowest BCUT2D eigenvalue weighted by Gasteiger charge is -2.39. The number of piperidine rings is 1. The zero-order chi connectivity index (χ0) is 23.4. The Bertz CT molecular complexity index is 936. The maximum atomic E-state index is 13.1. The normalized spacial score (nSPS) is 21.8. The zero-order valence-corrected chi connectivity index (χ0v) is 19.5. The highest BCUT2D eigenvalue weighted by Crippen LogP contribution is 2.25. The number of amides is 2. The fourth-order valence-corrected chi connectivity index (χ4v) is 6.05. The van der Waals surface area contributed by atoms with Crippen LogP contribution in [0.3, 0.4) is 0 Å². The molecule has 182 valence electrons. The number of carbonyl (C=O) groups is 2. The maximum Gasteiger partial charge on any atom is 0.243 e. The quantitative estimate of drug-likeness (QED) is 0.597. The highest BCUT2D eigenvalue weighted by atomic mass is 32.2. The predicted octanol–water partition coefficient (Wildman–Crippen LogP) is 0.229. The van der Waals surface area contributed by atoms with Crippen LogP contribution >= 0.6 is 0 Å². The van der Waals surface area contributed by atoms with E-state index in [9.17, 15) is 22.4 Å². The second-order valence-electron chi connectivity index (χ2n) is 8.73. The first kappa shape index (κ1) is 24.1. The molecule has 1 aromatic rings. The number of sulfonamides is 1. The van der Waals surface area contributed by atoms with Crippen LogP contribution in [0.4, 0.5) is 4.39 Å². The minimum atomic E-state index is -3.70. The van der Waals surface area contributed by atoms with Crippen molar-refractivity contribution in [3.05, 3.63) is 30.1 Å². The fraction of sp³-hybridized carbons (Fsp3) is 0.636. The largest absolute Gasteiger partial charge is 0.379 e. The molecule has 0 saturated carbocycles. The molecule has 3 aliphatic heterocycles. The summed E-state index contributed by atoms with van der Waals surface area (Å²) in [6.45, 7) is 5.78. The second-order valence-corrected chi connectivity index (χ2v) is 10.7. The molecule has 1 aromatic carbocycles. The van der Waals surface area contributed by atoms with E-state index in [-0.39, 0.29) is 35.7 Å². The average molecular weight is 483 g/mol. The molecule has 9 nitrogen and oxygen atoms in total. The van der Waals surface area contributed by atoms with E-state index in [2.05, 4.69) is 4.90 Å². The maximum absolute atomic E-state index is 13.1. The summed E-state index contributed by atoms with van der Waals surface area (Å²) in [5.41, 5.74) is 0. The molecule has 11 heteroatoms. The summed E-state index contributed by atoms with van der Waals surface area (Å²) in [7, 11) is -3.70. The standard InChI is InChI=1S/C22H31FN4O5S/c23-19-1-3-20(4-2-19)33(30,31)27-7-5-18(6-8-27)22(29)26-11-9-25(10-12-26)21(28)17-24-13-15-32-16-14-24/h1-4,18H,5-17H2. The summed E-state index contributed by atoms with van der Waals surface area (Å²) in [6, 6.07) is 4.80. The van der Waals surface area contributed by atoms with Gasteiger partial charge in [-0.2, -0.15) is 4.31 Å². The molecule has 4 rings (SSSR count). The van der Waals surface area contributed by atoms with E-state index in [1.165, 1.54) is 16.4 Å². The number of morpholine rings is 1. The lowest BCUT2D eigenvalue weighted by Crippen LogP contribution is -2.55. The fourth-order valence-electron chi connectivity index (χ4n) is 4.58. The van der Waals surface area contributed by atoms with Gasteiger partial charge in [-0.15, -0.1) is 0 Å². The molecular formula is C22H31FN4O5S. The van der Waals surface area contributed by atoms with Gasteiger partial charge in [-0.1, -0.05) is 0 Å². The van der Waals surface area contributed by atoms with Gasteiger partial charge in [-0.3, -0.25) is 14.5 Å². The Morgan fingerprint density at radius 3 is 2.06 bits per heavy atom. The molecule has 33 heavy (non-hydrogen) atoms. The van der Waals surface area contributed by atoms with E-state index in [1.807, 2.05) is 4.90 Å². The van der Waals surface area contributed by atoms with Crippen molar-refractivity contribution in [2.75, 3.05) is 72.1 Å². The van der Waals surface area contributed by atoms with Gasteiger partial charge < -0.3 is 14.5 Å². The molecule has 0 bridgehead atoms. The molecule has 3 heterocycles. The number of benzene rings is 1. The van der Waals surface area contributed by atoms with Crippen LogP contribution in [0.25, 0.3) is 0 Å². The average Bonchev–Trinajstić information content (AvgIpc) is 2.84. The number of nitrogens with zero attached hydrogens (tertiary/aromatic N) is 4. The number of halogens is 1. The second kappa shape index (κ2) is 10.5. The van der Waals surface area contributed by atoms with E-state index in [0.29, 0.717) is 58.8 Å². The highest BCUT2D eigenvalue weighted by molar-refractivity contribution is 7.89. The van der Waals surface area contributed by atoms with Crippen molar-refractivity contribution in [3.8, 4) is 0 Å². The first-order chi connectivity index (χ1) is 15.8. The molecule has 0 atom stereocenters. The van der Waals surface area contributed by atoms with Crippen LogP contribution in [0, 0.1) is 11.7 Å². The molecule has 0 aliphatic carbocycles. The van der Waals surface area contributed by atoms with Crippen LogP contribution in [0.1, 0.15) is 12.8 Å². The van der Waals surface area contributed by atoms with E-state index in [4.69, 9.17) is 4.74 Å². The Kier molecular flexibility index (Phi) is 7.62. The zero-order valence-electron chi connectivity index (χ0n) is 18.7. The van der Waals surface area contributed by atoms with E-state index in [1.54, 1.807) is 4.90 Å². The molecule has 2 amide bonds. The summed E-state index contributed by atoms with van der Waals surface area (Å²) in [4.78, 5) is 31.3. The lowest BCUT2D eigenvalue weighted by atomic mass is 9.96. The topological polar surface area (TPSA) is 90.5 Å². The van der Waals surface area contributed by atoms with Crippen LogP contribution < -0.4 is 0 Å². The van der Waals surface area contributed by atoms with Gasteiger partial charge in [0.05, 0.1) is 24.7 Å². The minimum absolute atomic E-state index is 0.0362. The predicted molar refractivity (Wildman–Crippen MR) is 118 cm³/mol.